The van der Waals surface area contributed by atoms with E-state index in [9.17, 15) is 10.1 Å². The average Bonchev–Trinajstić information content (AvgIpc) is 3.38. The Balaban J connectivity index is 1.64. The quantitative estimate of drug-likeness (QED) is 0.646. The molecule has 0 spiro atoms. The highest BCUT2D eigenvalue weighted by atomic mass is 16.2. The second-order valence-electron chi connectivity index (χ2n) is 6.67. The molecule has 2 heterocycles. The molecule has 8 nitrogen and oxygen atoms in total. The lowest BCUT2D eigenvalue weighted by Crippen LogP contribution is -2.22. The number of rotatable bonds is 5. The summed E-state index contributed by atoms with van der Waals surface area (Å²) in [5.74, 6) is 1.33. The Bertz CT molecular complexity index is 1040. The summed E-state index contributed by atoms with van der Waals surface area (Å²) in [6, 6.07) is 10.1. The number of H-pyrrole nitrogens is 2. The van der Waals surface area contributed by atoms with Crippen LogP contribution in [0.3, 0.4) is 0 Å². The number of nitrogens with zero attached hydrogens (tertiary/aromatic N) is 3. The van der Waals surface area contributed by atoms with Gasteiger partial charge in [-0.25, -0.2) is 4.98 Å². The Morgan fingerprint density at radius 3 is 2.74 bits per heavy atom. The van der Waals surface area contributed by atoms with Crippen LogP contribution in [0.15, 0.2) is 30.5 Å². The van der Waals surface area contributed by atoms with Crippen molar-refractivity contribution in [1.29, 1.82) is 5.26 Å². The number of amides is 1. The lowest BCUT2D eigenvalue weighted by Gasteiger charge is -2.14. The van der Waals surface area contributed by atoms with Crippen molar-refractivity contribution in [3.8, 4) is 6.07 Å². The van der Waals surface area contributed by atoms with Gasteiger partial charge < -0.3 is 15.2 Å². The number of benzene rings is 1. The van der Waals surface area contributed by atoms with Crippen molar-refractivity contribution >= 4 is 40.1 Å². The molecule has 1 aliphatic carbocycles. The maximum Gasteiger partial charge on any atom is 0.351 e. The third kappa shape index (κ3) is 3.40. The van der Waals surface area contributed by atoms with Crippen LogP contribution >= 0.6 is 0 Å². The van der Waals surface area contributed by atoms with E-state index in [1.807, 2.05) is 24.3 Å². The molecule has 1 aromatic carbocycles. The van der Waals surface area contributed by atoms with Crippen molar-refractivity contribution in [2.45, 2.75) is 25.8 Å². The third-order valence-electron chi connectivity index (χ3n) is 4.61. The fourth-order valence-corrected chi connectivity index (χ4v) is 2.85. The Hall–Kier alpha value is -3.60. The summed E-state index contributed by atoms with van der Waals surface area (Å²) in [7, 11) is 1.74. The van der Waals surface area contributed by atoms with Gasteiger partial charge in [-0.15, -0.1) is 0 Å². The van der Waals surface area contributed by atoms with E-state index in [2.05, 4.69) is 31.7 Å². The number of aromatic nitrogens is 3. The van der Waals surface area contributed by atoms with Gasteiger partial charge in [0.1, 0.15) is 11.5 Å². The minimum absolute atomic E-state index is 0.0213. The molecule has 2 aromatic heterocycles. The number of fused-ring (bicyclic) bond motifs is 1. The maximum absolute atomic E-state index is 11.5. The van der Waals surface area contributed by atoms with E-state index in [1.54, 1.807) is 18.1 Å². The van der Waals surface area contributed by atoms with Crippen LogP contribution in [-0.4, -0.2) is 29.0 Å². The molecule has 1 saturated carbocycles. The van der Waals surface area contributed by atoms with Crippen molar-refractivity contribution in [1.82, 2.24) is 9.97 Å². The lowest BCUT2D eigenvalue weighted by atomic mass is 10.2. The molecule has 4 N–H and O–H groups in total. The highest BCUT2D eigenvalue weighted by Gasteiger charge is 2.27. The van der Waals surface area contributed by atoms with Gasteiger partial charge >= 0.3 is 5.95 Å². The molecule has 1 amide bonds. The molecule has 0 bridgehead atoms. The van der Waals surface area contributed by atoms with Crippen molar-refractivity contribution < 1.29 is 9.78 Å². The molecule has 0 radical (unpaired) electrons. The summed E-state index contributed by atoms with van der Waals surface area (Å²) in [5.41, 5.74) is 2.85. The first kappa shape index (κ1) is 16.8. The van der Waals surface area contributed by atoms with Gasteiger partial charge in [-0.3, -0.25) is 10.1 Å². The fourth-order valence-electron chi connectivity index (χ4n) is 2.85. The summed E-state index contributed by atoms with van der Waals surface area (Å²) in [5, 5.41) is 16.8. The Morgan fingerprint density at radius 1 is 1.37 bits per heavy atom. The standard InChI is InChI=1S/C19H19N7O/c1-11(27)26(2)15-7-5-14(6-8-15)23-19-24-17-16(12(9-20)10-21-17)18(25-19)22-13-3-4-13/h5-8,10,13H,3-4H2,1-2H3,(H3,21,22,23,24,25)/p+1. The number of hydrogen-bond acceptors (Lipinski definition) is 5. The predicted octanol–water partition coefficient (Wildman–Crippen LogP) is 2.55. The van der Waals surface area contributed by atoms with Crippen LogP contribution < -0.4 is 20.5 Å². The smallest absolute Gasteiger partial charge is 0.334 e. The van der Waals surface area contributed by atoms with E-state index in [0.717, 1.165) is 35.4 Å². The first-order valence-electron chi connectivity index (χ1n) is 8.77. The second-order valence-corrected chi connectivity index (χ2v) is 6.67. The molecule has 0 saturated heterocycles. The van der Waals surface area contributed by atoms with Gasteiger partial charge in [0.15, 0.2) is 0 Å². The maximum atomic E-state index is 11.5. The molecule has 27 heavy (non-hydrogen) atoms. The van der Waals surface area contributed by atoms with Gasteiger partial charge in [0.05, 0.1) is 17.3 Å². The van der Waals surface area contributed by atoms with Crippen LogP contribution in [0.5, 0.6) is 0 Å². The van der Waals surface area contributed by atoms with Crippen LogP contribution in [0.1, 0.15) is 25.3 Å². The summed E-state index contributed by atoms with van der Waals surface area (Å²) in [6.07, 6.45) is 3.91. The SMILES string of the molecule is CC(=O)N(C)c1ccc(Nc2nc3[nH]cc(C#N)c3c(NC3CC3)[nH+]2)cc1. The molecular formula is C19H20N7O+. The van der Waals surface area contributed by atoms with Gasteiger partial charge in [-0.1, -0.05) is 4.98 Å². The van der Waals surface area contributed by atoms with E-state index < -0.39 is 0 Å². The van der Waals surface area contributed by atoms with Crippen LogP contribution in [0.25, 0.3) is 11.0 Å². The first-order chi connectivity index (χ1) is 13.0. The number of nitrogens with one attached hydrogen (secondary N) is 4. The third-order valence-corrected chi connectivity index (χ3v) is 4.61. The van der Waals surface area contributed by atoms with E-state index in [4.69, 9.17) is 0 Å². The minimum Gasteiger partial charge on any atom is -0.334 e. The zero-order valence-electron chi connectivity index (χ0n) is 15.1. The number of nitriles is 1. The van der Waals surface area contributed by atoms with E-state index in [1.165, 1.54) is 6.92 Å². The average molecular weight is 362 g/mol. The normalized spacial score (nSPS) is 13.2. The molecule has 1 aliphatic rings. The molecule has 0 atom stereocenters. The molecular weight excluding hydrogens is 342 g/mol. The number of anilines is 4. The van der Waals surface area contributed by atoms with Gasteiger partial charge in [0.25, 0.3) is 0 Å². The molecule has 1 fully saturated rings. The predicted molar refractivity (Wildman–Crippen MR) is 103 cm³/mol. The zero-order chi connectivity index (χ0) is 19.0. The van der Waals surface area contributed by atoms with E-state index >= 15 is 0 Å². The number of aromatic amines is 2. The monoisotopic (exact) mass is 362 g/mol. The summed E-state index contributed by atoms with van der Waals surface area (Å²) in [4.78, 5) is 23.9. The summed E-state index contributed by atoms with van der Waals surface area (Å²) < 4.78 is 0. The molecule has 4 rings (SSSR count). The Morgan fingerprint density at radius 2 is 2.11 bits per heavy atom. The number of carbonyl (C=O) groups excluding carboxylic acids is 1. The molecule has 0 aliphatic heterocycles. The number of hydrogen-bond donors (Lipinski definition) is 3. The first-order valence-corrected chi connectivity index (χ1v) is 8.77. The molecule has 3 aromatic rings. The van der Waals surface area contributed by atoms with Gasteiger partial charge in [0, 0.05) is 25.9 Å². The van der Waals surface area contributed by atoms with Gasteiger partial charge in [-0.2, -0.15) is 5.26 Å². The van der Waals surface area contributed by atoms with Crippen molar-refractivity contribution in [3.63, 3.8) is 0 Å². The lowest BCUT2D eigenvalue weighted by molar-refractivity contribution is -0.345. The zero-order valence-corrected chi connectivity index (χ0v) is 15.1. The largest absolute Gasteiger partial charge is 0.351 e. The van der Waals surface area contributed by atoms with Gasteiger partial charge in [-0.05, 0) is 37.1 Å². The molecule has 0 unspecified atom stereocenters. The number of carbonyl (C=O) groups is 1. The van der Waals surface area contributed by atoms with Crippen LogP contribution in [-0.2, 0) is 4.79 Å². The fraction of sp³-hybridized carbons (Fsp3) is 0.263. The summed E-state index contributed by atoms with van der Waals surface area (Å²) in [6.45, 7) is 1.53. The van der Waals surface area contributed by atoms with Gasteiger partial charge in [0.2, 0.25) is 17.4 Å². The van der Waals surface area contributed by atoms with Crippen LogP contribution in [0.4, 0.5) is 23.1 Å². The van der Waals surface area contributed by atoms with Crippen LogP contribution in [0, 0.1) is 11.3 Å². The highest BCUT2D eigenvalue weighted by Crippen LogP contribution is 2.29. The van der Waals surface area contributed by atoms with E-state index in [0.29, 0.717) is 23.2 Å². The summed E-state index contributed by atoms with van der Waals surface area (Å²) >= 11 is 0. The second kappa shape index (κ2) is 6.61. The Labute approximate surface area is 156 Å². The molecule has 136 valence electrons. The van der Waals surface area contributed by atoms with Crippen molar-refractivity contribution in [2.24, 2.45) is 0 Å². The minimum atomic E-state index is -0.0213. The van der Waals surface area contributed by atoms with E-state index in [-0.39, 0.29) is 5.91 Å². The van der Waals surface area contributed by atoms with Crippen LogP contribution in [0.2, 0.25) is 0 Å². The van der Waals surface area contributed by atoms with Crippen molar-refractivity contribution in [2.75, 3.05) is 22.6 Å². The Kier molecular flexibility index (Phi) is 4.12. The molecule has 8 heteroatoms. The highest BCUT2D eigenvalue weighted by molar-refractivity contribution is 5.92. The van der Waals surface area contributed by atoms with Crippen molar-refractivity contribution in [3.05, 3.63) is 36.0 Å². The topological polar surface area (TPSA) is 111 Å².